The Morgan fingerprint density at radius 1 is 1.19 bits per heavy atom. The maximum atomic E-state index is 12.2. The number of carboxylic acid groups (broad SMARTS) is 1. The van der Waals surface area contributed by atoms with Gasteiger partial charge in [-0.05, 0) is 44.0 Å². The molecule has 10 heteroatoms. The number of aromatic nitrogens is 5. The molecule has 0 bridgehead atoms. The fourth-order valence-corrected chi connectivity index (χ4v) is 4.90. The Morgan fingerprint density at radius 3 is 2.86 bits per heavy atom. The summed E-state index contributed by atoms with van der Waals surface area (Å²) in [5, 5.41) is 13.2. The number of rotatable bonds is 8. The lowest BCUT2D eigenvalue weighted by Gasteiger charge is -2.33. The summed E-state index contributed by atoms with van der Waals surface area (Å²) in [6, 6.07) is 10.8. The van der Waals surface area contributed by atoms with Crippen LogP contribution in [0.1, 0.15) is 30.4 Å². The van der Waals surface area contributed by atoms with Gasteiger partial charge in [-0.15, -0.1) is 0 Å². The van der Waals surface area contributed by atoms with Crippen LogP contribution in [-0.2, 0) is 32.5 Å². The molecule has 36 heavy (non-hydrogen) atoms. The molecule has 0 fully saturated rings. The van der Waals surface area contributed by atoms with Crippen LogP contribution in [0.25, 0.3) is 11.0 Å². The lowest BCUT2D eigenvalue weighted by atomic mass is 9.96. The minimum Gasteiger partial charge on any atom is -0.465 e. The first kappa shape index (κ1) is 23.7. The molecule has 0 radical (unpaired) electrons. The lowest BCUT2D eigenvalue weighted by Crippen LogP contribution is -2.41. The first-order valence-electron chi connectivity index (χ1n) is 12.2. The van der Waals surface area contributed by atoms with Crippen LogP contribution in [0.5, 0.6) is 0 Å². The van der Waals surface area contributed by atoms with Crippen LogP contribution in [0, 0.1) is 0 Å². The van der Waals surface area contributed by atoms with E-state index in [-0.39, 0.29) is 11.6 Å². The zero-order valence-electron chi connectivity index (χ0n) is 20.2. The number of benzene rings is 1. The van der Waals surface area contributed by atoms with Gasteiger partial charge in [-0.1, -0.05) is 6.07 Å². The van der Waals surface area contributed by atoms with Crippen molar-refractivity contribution in [1.82, 2.24) is 29.4 Å². The molecular weight excluding hydrogens is 458 g/mol. The van der Waals surface area contributed by atoms with Crippen molar-refractivity contribution in [1.29, 1.82) is 0 Å². The zero-order valence-corrected chi connectivity index (χ0v) is 20.2. The summed E-state index contributed by atoms with van der Waals surface area (Å²) < 4.78 is 3.86. The van der Waals surface area contributed by atoms with Gasteiger partial charge in [0.1, 0.15) is 12.2 Å². The van der Waals surface area contributed by atoms with Crippen molar-refractivity contribution in [2.24, 2.45) is 0 Å². The number of hydrogen-bond acceptors (Lipinski definition) is 6. The quantitative estimate of drug-likeness (QED) is 0.367. The van der Waals surface area contributed by atoms with Gasteiger partial charge in [-0.25, -0.2) is 19.7 Å². The molecule has 4 aromatic rings. The standard InChI is InChI=1S/C26H29N7O3/c1-18-5-6-20-21(33(18)26(35)36)7-8-22-25(20)30-23(10-14-31-13-3-2-4-24(31)34)32(22)15-12-27-16-19-9-11-28-17-29-19/h2-4,7-9,11,13,17-18,27H,5-6,10,12,14-16H2,1H3,(H,35,36)/t18-/m0/s1. The minimum absolute atomic E-state index is 0.0462. The normalized spacial score (nSPS) is 15.2. The fourth-order valence-electron chi connectivity index (χ4n) is 4.90. The highest BCUT2D eigenvalue weighted by atomic mass is 16.4. The third-order valence-corrected chi connectivity index (χ3v) is 6.74. The molecule has 2 N–H and O–H groups in total. The van der Waals surface area contributed by atoms with Crippen LogP contribution in [0.2, 0.25) is 0 Å². The Balaban J connectivity index is 1.46. The van der Waals surface area contributed by atoms with Crippen molar-refractivity contribution >= 4 is 22.8 Å². The summed E-state index contributed by atoms with van der Waals surface area (Å²) in [6.07, 6.45) is 6.21. The summed E-state index contributed by atoms with van der Waals surface area (Å²) in [4.78, 5) is 38.8. The van der Waals surface area contributed by atoms with Gasteiger partial charge in [0, 0.05) is 62.7 Å². The highest BCUT2D eigenvalue weighted by Gasteiger charge is 2.30. The van der Waals surface area contributed by atoms with Gasteiger partial charge in [0.15, 0.2) is 0 Å². The Labute approximate surface area is 208 Å². The van der Waals surface area contributed by atoms with Crippen LogP contribution < -0.4 is 15.8 Å². The third kappa shape index (κ3) is 4.72. The van der Waals surface area contributed by atoms with Gasteiger partial charge in [0.05, 0.1) is 22.4 Å². The number of imidazole rings is 1. The van der Waals surface area contributed by atoms with Gasteiger partial charge in [0.25, 0.3) is 5.56 Å². The molecule has 10 nitrogen and oxygen atoms in total. The van der Waals surface area contributed by atoms with Crippen molar-refractivity contribution < 1.29 is 9.90 Å². The second-order valence-corrected chi connectivity index (χ2v) is 9.01. The summed E-state index contributed by atoms with van der Waals surface area (Å²) in [6.45, 7) is 4.45. The molecule has 1 aliphatic heterocycles. The minimum atomic E-state index is -0.945. The van der Waals surface area contributed by atoms with E-state index in [1.54, 1.807) is 29.1 Å². The molecule has 0 saturated carbocycles. The van der Waals surface area contributed by atoms with E-state index in [2.05, 4.69) is 19.9 Å². The van der Waals surface area contributed by atoms with Crippen molar-refractivity contribution in [3.05, 3.63) is 82.6 Å². The number of amides is 1. The third-order valence-electron chi connectivity index (χ3n) is 6.74. The predicted octanol–water partition coefficient (Wildman–Crippen LogP) is 2.84. The smallest absolute Gasteiger partial charge is 0.412 e. The summed E-state index contributed by atoms with van der Waals surface area (Å²) >= 11 is 0. The SMILES string of the molecule is C[C@H]1CCc2c(ccc3c2nc(CCn2ccccc2=O)n3CCNCc2ccncn2)N1C(=O)O. The molecule has 1 amide bonds. The Hall–Kier alpha value is -4.05. The molecule has 186 valence electrons. The maximum absolute atomic E-state index is 12.2. The average molecular weight is 488 g/mol. The number of anilines is 1. The zero-order chi connectivity index (χ0) is 25.1. The van der Waals surface area contributed by atoms with Crippen molar-refractivity contribution in [2.45, 2.75) is 51.9 Å². The van der Waals surface area contributed by atoms with Crippen molar-refractivity contribution in [3.63, 3.8) is 0 Å². The fraction of sp³-hybridized carbons (Fsp3) is 0.346. The molecule has 0 unspecified atom stereocenters. The summed E-state index contributed by atoms with van der Waals surface area (Å²) in [7, 11) is 0. The van der Waals surface area contributed by atoms with Gasteiger partial charge < -0.3 is 19.6 Å². The van der Waals surface area contributed by atoms with Crippen LogP contribution in [0.15, 0.2) is 59.9 Å². The van der Waals surface area contributed by atoms with E-state index in [0.717, 1.165) is 41.0 Å². The number of aryl methyl sites for hydroxylation is 3. The molecule has 3 aromatic heterocycles. The summed E-state index contributed by atoms with van der Waals surface area (Å²) in [5.41, 5.74) is 4.38. The van der Waals surface area contributed by atoms with Crippen LogP contribution in [0.4, 0.5) is 10.5 Å². The van der Waals surface area contributed by atoms with Gasteiger partial charge in [0.2, 0.25) is 0 Å². The van der Waals surface area contributed by atoms with E-state index in [1.165, 1.54) is 11.2 Å². The number of nitrogens with zero attached hydrogens (tertiary/aromatic N) is 6. The first-order chi connectivity index (χ1) is 17.5. The number of carbonyl (C=O) groups is 1. The highest BCUT2D eigenvalue weighted by molar-refractivity contribution is 5.94. The molecule has 4 heterocycles. The van der Waals surface area contributed by atoms with E-state index in [9.17, 15) is 14.7 Å². The first-order valence-corrected chi connectivity index (χ1v) is 12.2. The van der Waals surface area contributed by atoms with Crippen LogP contribution in [0.3, 0.4) is 0 Å². The van der Waals surface area contributed by atoms with Crippen LogP contribution >= 0.6 is 0 Å². The lowest BCUT2D eigenvalue weighted by molar-refractivity contribution is 0.198. The van der Waals surface area contributed by atoms with Gasteiger partial charge in [-0.2, -0.15) is 0 Å². The number of nitrogens with one attached hydrogen (secondary N) is 1. The van der Waals surface area contributed by atoms with E-state index in [4.69, 9.17) is 4.98 Å². The van der Waals surface area contributed by atoms with E-state index in [1.807, 2.05) is 31.2 Å². The van der Waals surface area contributed by atoms with Gasteiger partial charge in [-0.3, -0.25) is 9.69 Å². The monoisotopic (exact) mass is 487 g/mol. The molecule has 0 spiro atoms. The Kier molecular flexibility index (Phi) is 6.77. The number of pyridine rings is 1. The average Bonchev–Trinajstić information content (AvgIpc) is 3.24. The largest absolute Gasteiger partial charge is 0.465 e. The molecule has 1 aromatic carbocycles. The number of fused-ring (bicyclic) bond motifs is 3. The molecule has 0 aliphatic carbocycles. The van der Waals surface area contributed by atoms with E-state index < -0.39 is 6.09 Å². The molecule has 1 aliphatic rings. The molecular formula is C26H29N7O3. The van der Waals surface area contributed by atoms with Crippen LogP contribution in [-0.4, -0.2) is 47.9 Å². The molecule has 1 atom stereocenters. The molecule has 5 rings (SSSR count). The predicted molar refractivity (Wildman–Crippen MR) is 136 cm³/mol. The summed E-state index contributed by atoms with van der Waals surface area (Å²) in [5.74, 6) is 0.874. The van der Waals surface area contributed by atoms with E-state index in [0.29, 0.717) is 38.3 Å². The van der Waals surface area contributed by atoms with Gasteiger partial charge >= 0.3 is 6.09 Å². The number of hydrogen-bond donors (Lipinski definition) is 2. The Bertz CT molecular complexity index is 1430. The van der Waals surface area contributed by atoms with Crippen molar-refractivity contribution in [3.8, 4) is 0 Å². The maximum Gasteiger partial charge on any atom is 0.412 e. The second-order valence-electron chi connectivity index (χ2n) is 9.01. The Morgan fingerprint density at radius 2 is 2.08 bits per heavy atom. The topological polar surface area (TPSA) is 118 Å². The van der Waals surface area contributed by atoms with E-state index >= 15 is 0 Å². The second kappa shape index (κ2) is 10.3. The van der Waals surface area contributed by atoms with Crippen molar-refractivity contribution in [2.75, 3.05) is 11.4 Å². The highest BCUT2D eigenvalue weighted by Crippen LogP contribution is 2.36. The molecule has 0 saturated heterocycles.